The van der Waals surface area contributed by atoms with Crippen LogP contribution in [-0.2, 0) is 10.0 Å². The molecular weight excluding hydrogens is 298 g/mol. The standard InChI is InChI=1S/C17H27NO3S/c1-5-15-9-7-8-10-18(15)22(19,20)17-12-16(21-6-2)13(3)11-14(17)4/h11-12,15H,5-10H2,1-4H3/t15-/m1/s1. The molecule has 22 heavy (non-hydrogen) atoms. The number of hydrogen-bond acceptors (Lipinski definition) is 3. The highest BCUT2D eigenvalue weighted by Gasteiger charge is 2.33. The zero-order valence-corrected chi connectivity index (χ0v) is 14.9. The monoisotopic (exact) mass is 325 g/mol. The Kier molecular flexibility index (Phi) is 5.50. The number of ether oxygens (including phenoxy) is 1. The fourth-order valence-corrected chi connectivity index (χ4v) is 5.22. The maximum Gasteiger partial charge on any atom is 0.243 e. The molecule has 0 aromatic heterocycles. The van der Waals surface area contributed by atoms with Crippen molar-refractivity contribution in [3.63, 3.8) is 0 Å². The second-order valence-corrected chi connectivity index (χ2v) is 7.85. The Morgan fingerprint density at radius 2 is 1.91 bits per heavy atom. The third-order valence-corrected chi connectivity index (χ3v) is 6.50. The van der Waals surface area contributed by atoms with Crippen molar-refractivity contribution in [2.75, 3.05) is 13.2 Å². The van der Waals surface area contributed by atoms with Crippen molar-refractivity contribution in [2.24, 2.45) is 0 Å². The lowest BCUT2D eigenvalue weighted by atomic mass is 10.0. The second-order valence-electron chi connectivity index (χ2n) is 5.99. The van der Waals surface area contributed by atoms with Crippen molar-refractivity contribution in [3.8, 4) is 5.75 Å². The summed E-state index contributed by atoms with van der Waals surface area (Å²) in [5.74, 6) is 0.664. The molecule has 1 aromatic carbocycles. The van der Waals surface area contributed by atoms with E-state index in [2.05, 4.69) is 6.92 Å². The average Bonchev–Trinajstić information content (AvgIpc) is 2.49. The summed E-state index contributed by atoms with van der Waals surface area (Å²) in [4.78, 5) is 0.391. The van der Waals surface area contributed by atoms with Gasteiger partial charge in [-0.3, -0.25) is 0 Å². The van der Waals surface area contributed by atoms with E-state index in [1.54, 1.807) is 10.4 Å². The van der Waals surface area contributed by atoms with Crippen LogP contribution in [0.15, 0.2) is 17.0 Å². The van der Waals surface area contributed by atoms with Crippen LogP contribution in [0.1, 0.15) is 50.7 Å². The number of rotatable bonds is 5. The van der Waals surface area contributed by atoms with Crippen molar-refractivity contribution in [2.45, 2.75) is 64.3 Å². The molecular formula is C17H27NO3S. The van der Waals surface area contributed by atoms with Crippen LogP contribution in [0.25, 0.3) is 0 Å². The van der Waals surface area contributed by atoms with Crippen LogP contribution in [0.5, 0.6) is 5.75 Å². The predicted molar refractivity (Wildman–Crippen MR) is 88.9 cm³/mol. The summed E-state index contributed by atoms with van der Waals surface area (Å²) in [5, 5.41) is 0. The highest BCUT2D eigenvalue weighted by molar-refractivity contribution is 7.89. The van der Waals surface area contributed by atoms with E-state index < -0.39 is 10.0 Å². The van der Waals surface area contributed by atoms with E-state index in [4.69, 9.17) is 4.74 Å². The van der Waals surface area contributed by atoms with Crippen molar-refractivity contribution >= 4 is 10.0 Å². The van der Waals surface area contributed by atoms with E-state index in [1.165, 1.54) is 0 Å². The Bertz CT molecular complexity index is 625. The van der Waals surface area contributed by atoms with Gasteiger partial charge >= 0.3 is 0 Å². The molecule has 1 heterocycles. The van der Waals surface area contributed by atoms with Crippen LogP contribution in [0, 0.1) is 13.8 Å². The minimum absolute atomic E-state index is 0.120. The van der Waals surface area contributed by atoms with E-state index in [1.807, 2.05) is 26.8 Å². The molecule has 0 bridgehead atoms. The topological polar surface area (TPSA) is 46.6 Å². The average molecular weight is 325 g/mol. The molecule has 1 aliphatic rings. The number of benzene rings is 1. The van der Waals surface area contributed by atoms with Crippen molar-refractivity contribution in [1.29, 1.82) is 0 Å². The van der Waals surface area contributed by atoms with E-state index in [9.17, 15) is 8.42 Å². The highest BCUT2D eigenvalue weighted by Crippen LogP contribution is 2.32. The van der Waals surface area contributed by atoms with Gasteiger partial charge in [0.05, 0.1) is 11.5 Å². The van der Waals surface area contributed by atoms with Crippen LogP contribution in [-0.4, -0.2) is 31.9 Å². The molecule has 0 spiro atoms. The first-order chi connectivity index (χ1) is 10.4. The smallest absolute Gasteiger partial charge is 0.243 e. The number of piperidine rings is 1. The molecule has 0 aliphatic carbocycles. The van der Waals surface area contributed by atoms with Gasteiger partial charge in [-0.25, -0.2) is 8.42 Å². The largest absolute Gasteiger partial charge is 0.494 e. The molecule has 0 N–H and O–H groups in total. The number of aryl methyl sites for hydroxylation is 2. The first kappa shape index (κ1) is 17.3. The van der Waals surface area contributed by atoms with Gasteiger partial charge < -0.3 is 4.74 Å². The second kappa shape index (κ2) is 7.01. The lowest BCUT2D eigenvalue weighted by Crippen LogP contribution is -2.43. The van der Waals surface area contributed by atoms with E-state index in [0.29, 0.717) is 23.8 Å². The maximum atomic E-state index is 13.1. The third-order valence-electron chi connectivity index (χ3n) is 4.40. The minimum atomic E-state index is -3.46. The summed E-state index contributed by atoms with van der Waals surface area (Å²) < 4.78 is 33.5. The van der Waals surface area contributed by atoms with Gasteiger partial charge in [-0.05, 0) is 51.2 Å². The summed E-state index contributed by atoms with van der Waals surface area (Å²) in [6, 6.07) is 3.73. The Balaban J connectivity index is 2.46. The molecule has 5 heteroatoms. The molecule has 1 saturated heterocycles. The Morgan fingerprint density at radius 1 is 1.18 bits per heavy atom. The van der Waals surface area contributed by atoms with Crippen molar-refractivity contribution < 1.29 is 13.2 Å². The van der Waals surface area contributed by atoms with Crippen molar-refractivity contribution in [3.05, 3.63) is 23.3 Å². The van der Waals surface area contributed by atoms with Crippen LogP contribution >= 0.6 is 0 Å². The van der Waals surface area contributed by atoms with Gasteiger partial charge in [0.1, 0.15) is 5.75 Å². The molecule has 0 saturated carbocycles. The van der Waals surface area contributed by atoms with E-state index in [-0.39, 0.29) is 6.04 Å². The van der Waals surface area contributed by atoms with Gasteiger partial charge in [0.15, 0.2) is 0 Å². The number of sulfonamides is 1. The first-order valence-electron chi connectivity index (χ1n) is 8.17. The molecule has 1 aromatic rings. The minimum Gasteiger partial charge on any atom is -0.494 e. The molecule has 124 valence electrons. The van der Waals surface area contributed by atoms with Gasteiger partial charge in [0, 0.05) is 18.7 Å². The Hall–Kier alpha value is -1.07. The Labute approximate surface area is 134 Å². The normalized spacial score (nSPS) is 20.1. The molecule has 4 nitrogen and oxygen atoms in total. The number of hydrogen-bond donors (Lipinski definition) is 0. The van der Waals surface area contributed by atoms with Crippen LogP contribution in [0.3, 0.4) is 0 Å². The zero-order chi connectivity index (χ0) is 16.3. The highest BCUT2D eigenvalue weighted by atomic mass is 32.2. The fraction of sp³-hybridized carbons (Fsp3) is 0.647. The summed E-state index contributed by atoms with van der Waals surface area (Å²) in [7, 11) is -3.46. The summed E-state index contributed by atoms with van der Waals surface area (Å²) in [5.41, 5.74) is 1.77. The third kappa shape index (κ3) is 3.30. The first-order valence-corrected chi connectivity index (χ1v) is 9.61. The summed E-state index contributed by atoms with van der Waals surface area (Å²) in [6.45, 7) is 8.94. The predicted octanol–water partition coefficient (Wildman–Crippen LogP) is 3.66. The van der Waals surface area contributed by atoms with Gasteiger partial charge in [0.2, 0.25) is 10.0 Å². The zero-order valence-electron chi connectivity index (χ0n) is 14.1. The molecule has 0 unspecified atom stereocenters. The molecule has 0 radical (unpaired) electrons. The molecule has 1 aliphatic heterocycles. The number of nitrogens with zero attached hydrogens (tertiary/aromatic N) is 1. The maximum absolute atomic E-state index is 13.1. The summed E-state index contributed by atoms with van der Waals surface area (Å²) >= 11 is 0. The van der Waals surface area contributed by atoms with Gasteiger partial charge in [-0.15, -0.1) is 0 Å². The Morgan fingerprint density at radius 3 is 2.55 bits per heavy atom. The van der Waals surface area contributed by atoms with Crippen LogP contribution < -0.4 is 4.74 Å². The lowest BCUT2D eigenvalue weighted by Gasteiger charge is -2.34. The summed E-state index contributed by atoms with van der Waals surface area (Å²) in [6.07, 6.45) is 3.88. The molecule has 2 rings (SSSR count). The van der Waals surface area contributed by atoms with E-state index >= 15 is 0 Å². The van der Waals surface area contributed by atoms with Crippen molar-refractivity contribution in [1.82, 2.24) is 4.31 Å². The van der Waals surface area contributed by atoms with Crippen LogP contribution in [0.4, 0.5) is 0 Å². The SMILES string of the molecule is CCOc1cc(S(=O)(=O)N2CCCC[C@H]2CC)c(C)cc1C. The lowest BCUT2D eigenvalue weighted by molar-refractivity contribution is 0.246. The molecule has 1 fully saturated rings. The van der Waals surface area contributed by atoms with Gasteiger partial charge in [0.25, 0.3) is 0 Å². The van der Waals surface area contributed by atoms with Gasteiger partial charge in [-0.1, -0.05) is 19.4 Å². The van der Waals surface area contributed by atoms with E-state index in [0.717, 1.165) is 36.8 Å². The fourth-order valence-electron chi connectivity index (χ4n) is 3.23. The van der Waals surface area contributed by atoms with Gasteiger partial charge in [-0.2, -0.15) is 4.31 Å². The molecule has 0 amide bonds. The quantitative estimate of drug-likeness (QED) is 0.830. The van der Waals surface area contributed by atoms with Crippen LogP contribution in [0.2, 0.25) is 0 Å². The molecule has 1 atom stereocenters.